The lowest BCUT2D eigenvalue weighted by molar-refractivity contribution is -0.133. The monoisotopic (exact) mass is 471 g/mol. The molecular formula is C25H27F2N3O4. The van der Waals surface area contributed by atoms with Gasteiger partial charge in [0.05, 0.1) is 6.04 Å². The summed E-state index contributed by atoms with van der Waals surface area (Å²) in [5.74, 6) is -1.90. The van der Waals surface area contributed by atoms with Crippen LogP contribution in [-0.2, 0) is 16.0 Å². The molecule has 2 N–H and O–H groups in total. The number of anilines is 1. The molecule has 1 aromatic heterocycles. The summed E-state index contributed by atoms with van der Waals surface area (Å²) in [6.07, 6.45) is 1.71. The zero-order valence-electron chi connectivity index (χ0n) is 18.8. The first-order chi connectivity index (χ1) is 16.4. The van der Waals surface area contributed by atoms with E-state index in [0.29, 0.717) is 18.7 Å². The van der Waals surface area contributed by atoms with Gasteiger partial charge in [0.15, 0.2) is 11.6 Å². The number of rotatable bonds is 10. The standard InChI is InChI=1S/C25H27F2N3O4/c1-30(23(32)12-11-17-8-4-10-21(26)24(17)27)20(9-5-13-31)16-34-25(33)29-22-14-18-6-2-3-7-19(18)15-28-22/h2-4,6-8,10,14-15,20,31H,5,9,11-13,16H2,1H3,(H,28,29,33)/t20-/m1/s1. The number of pyridine rings is 1. The SMILES string of the molecule is CN(C(=O)CCc1cccc(F)c1F)[C@H](CCCO)COC(=O)Nc1cc2ccccc2cn1. The molecule has 7 nitrogen and oxygen atoms in total. The first kappa shape index (κ1) is 25.0. The number of aliphatic hydroxyl groups excluding tert-OH is 1. The van der Waals surface area contributed by atoms with E-state index in [4.69, 9.17) is 4.74 Å². The number of aliphatic hydroxyl groups is 1. The third-order valence-electron chi connectivity index (χ3n) is 5.54. The van der Waals surface area contributed by atoms with E-state index in [-0.39, 0.29) is 37.5 Å². The molecule has 0 aliphatic heterocycles. The number of aromatic nitrogens is 1. The number of hydrogen-bond donors (Lipinski definition) is 2. The molecule has 0 radical (unpaired) electrons. The van der Waals surface area contributed by atoms with Gasteiger partial charge in [-0.25, -0.2) is 18.6 Å². The van der Waals surface area contributed by atoms with Crippen molar-refractivity contribution in [2.75, 3.05) is 25.6 Å². The molecular weight excluding hydrogens is 444 g/mol. The summed E-state index contributed by atoms with van der Waals surface area (Å²) in [6.45, 7) is -0.184. The molecule has 0 aliphatic rings. The Morgan fingerprint density at radius 2 is 1.91 bits per heavy atom. The highest BCUT2D eigenvalue weighted by molar-refractivity contribution is 5.89. The van der Waals surface area contributed by atoms with Crippen LogP contribution in [0.5, 0.6) is 0 Å². The third-order valence-corrected chi connectivity index (χ3v) is 5.54. The molecule has 3 aromatic rings. The van der Waals surface area contributed by atoms with Gasteiger partial charge in [-0.3, -0.25) is 10.1 Å². The van der Waals surface area contributed by atoms with E-state index in [1.54, 1.807) is 19.3 Å². The maximum Gasteiger partial charge on any atom is 0.412 e. The Morgan fingerprint density at radius 3 is 2.68 bits per heavy atom. The first-order valence-corrected chi connectivity index (χ1v) is 11.0. The highest BCUT2D eigenvalue weighted by Gasteiger charge is 2.22. The fourth-order valence-corrected chi connectivity index (χ4v) is 3.54. The molecule has 0 saturated heterocycles. The topological polar surface area (TPSA) is 91.8 Å². The molecule has 0 saturated carbocycles. The minimum Gasteiger partial charge on any atom is -0.447 e. The van der Waals surface area contributed by atoms with Crippen molar-refractivity contribution in [2.45, 2.75) is 31.7 Å². The van der Waals surface area contributed by atoms with Crippen LogP contribution in [0.15, 0.2) is 54.7 Å². The van der Waals surface area contributed by atoms with Crippen LogP contribution < -0.4 is 5.32 Å². The minimum absolute atomic E-state index is 0.0362. The van der Waals surface area contributed by atoms with E-state index < -0.39 is 23.8 Å². The predicted molar refractivity (Wildman–Crippen MR) is 124 cm³/mol. The lowest BCUT2D eigenvalue weighted by Crippen LogP contribution is -2.41. The number of benzene rings is 2. The zero-order valence-corrected chi connectivity index (χ0v) is 18.8. The van der Waals surface area contributed by atoms with Crippen LogP contribution in [0.4, 0.5) is 19.4 Å². The van der Waals surface area contributed by atoms with Crippen LogP contribution in [-0.4, -0.2) is 53.3 Å². The van der Waals surface area contributed by atoms with Crippen molar-refractivity contribution >= 4 is 28.6 Å². The molecule has 0 bridgehead atoms. The van der Waals surface area contributed by atoms with E-state index in [9.17, 15) is 23.5 Å². The van der Waals surface area contributed by atoms with Gasteiger partial charge in [-0.2, -0.15) is 0 Å². The van der Waals surface area contributed by atoms with Crippen molar-refractivity contribution < 1.29 is 28.2 Å². The number of aryl methyl sites for hydroxylation is 1. The van der Waals surface area contributed by atoms with Gasteiger partial charge < -0.3 is 14.7 Å². The van der Waals surface area contributed by atoms with Crippen LogP contribution in [0, 0.1) is 11.6 Å². The smallest absolute Gasteiger partial charge is 0.412 e. The molecule has 2 aromatic carbocycles. The highest BCUT2D eigenvalue weighted by atomic mass is 19.2. The minimum atomic E-state index is -0.961. The summed E-state index contributed by atoms with van der Waals surface area (Å²) in [4.78, 5) is 30.6. The average Bonchev–Trinajstić information content (AvgIpc) is 2.84. The van der Waals surface area contributed by atoms with Crippen molar-refractivity contribution in [3.8, 4) is 0 Å². The fourth-order valence-electron chi connectivity index (χ4n) is 3.54. The van der Waals surface area contributed by atoms with E-state index in [0.717, 1.165) is 16.8 Å². The predicted octanol–water partition coefficient (Wildman–Crippen LogP) is 4.29. The van der Waals surface area contributed by atoms with Gasteiger partial charge in [-0.05, 0) is 42.3 Å². The molecule has 1 atom stereocenters. The van der Waals surface area contributed by atoms with E-state index in [1.807, 2.05) is 24.3 Å². The Kier molecular flexibility index (Phi) is 8.86. The number of halogens is 2. The summed E-state index contributed by atoms with van der Waals surface area (Å²) < 4.78 is 32.6. The van der Waals surface area contributed by atoms with Gasteiger partial charge in [0.2, 0.25) is 5.91 Å². The summed E-state index contributed by atoms with van der Waals surface area (Å²) in [6, 6.07) is 12.7. The normalized spacial score (nSPS) is 11.8. The fraction of sp³-hybridized carbons (Fsp3) is 0.320. The van der Waals surface area contributed by atoms with Crippen molar-refractivity contribution in [3.63, 3.8) is 0 Å². The number of nitrogens with zero attached hydrogens (tertiary/aromatic N) is 2. The van der Waals surface area contributed by atoms with Crippen LogP contribution in [0.2, 0.25) is 0 Å². The largest absolute Gasteiger partial charge is 0.447 e. The molecule has 0 spiro atoms. The maximum absolute atomic E-state index is 13.9. The Labute approximate surface area is 196 Å². The van der Waals surface area contributed by atoms with Gasteiger partial charge in [-0.15, -0.1) is 0 Å². The lowest BCUT2D eigenvalue weighted by atomic mass is 10.1. The summed E-state index contributed by atoms with van der Waals surface area (Å²) in [5.41, 5.74) is 0.118. The maximum atomic E-state index is 13.9. The molecule has 0 fully saturated rings. The number of fused-ring (bicyclic) bond motifs is 1. The second-order valence-corrected chi connectivity index (χ2v) is 7.88. The Balaban J connectivity index is 1.56. The van der Waals surface area contributed by atoms with Gasteiger partial charge >= 0.3 is 6.09 Å². The molecule has 2 amide bonds. The Bertz CT molecular complexity index is 1140. The van der Waals surface area contributed by atoms with Gasteiger partial charge in [0.25, 0.3) is 0 Å². The number of nitrogens with one attached hydrogen (secondary N) is 1. The quantitative estimate of drug-likeness (QED) is 0.460. The highest BCUT2D eigenvalue weighted by Crippen LogP contribution is 2.17. The van der Waals surface area contributed by atoms with Crippen molar-refractivity contribution in [3.05, 3.63) is 71.9 Å². The number of amides is 2. The van der Waals surface area contributed by atoms with Crippen molar-refractivity contribution in [1.29, 1.82) is 0 Å². The molecule has 0 unspecified atom stereocenters. The average molecular weight is 472 g/mol. The molecule has 180 valence electrons. The van der Waals surface area contributed by atoms with Crippen LogP contribution >= 0.6 is 0 Å². The van der Waals surface area contributed by atoms with E-state index in [1.165, 1.54) is 17.0 Å². The molecule has 1 heterocycles. The second-order valence-electron chi connectivity index (χ2n) is 7.88. The van der Waals surface area contributed by atoms with Gasteiger partial charge in [0, 0.05) is 31.7 Å². The van der Waals surface area contributed by atoms with E-state index in [2.05, 4.69) is 10.3 Å². The van der Waals surface area contributed by atoms with Crippen LogP contribution in [0.3, 0.4) is 0 Å². The zero-order chi connectivity index (χ0) is 24.5. The van der Waals surface area contributed by atoms with Crippen LogP contribution in [0.25, 0.3) is 10.8 Å². The van der Waals surface area contributed by atoms with Gasteiger partial charge in [-0.1, -0.05) is 36.4 Å². The third kappa shape index (κ3) is 6.71. The Hall–Kier alpha value is -3.59. The molecule has 3 rings (SSSR count). The van der Waals surface area contributed by atoms with E-state index >= 15 is 0 Å². The van der Waals surface area contributed by atoms with Crippen LogP contribution in [0.1, 0.15) is 24.8 Å². The lowest BCUT2D eigenvalue weighted by Gasteiger charge is -2.28. The molecule has 9 heteroatoms. The summed E-state index contributed by atoms with van der Waals surface area (Å²) >= 11 is 0. The summed E-state index contributed by atoms with van der Waals surface area (Å²) in [5, 5.41) is 13.6. The van der Waals surface area contributed by atoms with Crippen molar-refractivity contribution in [1.82, 2.24) is 9.88 Å². The number of likely N-dealkylation sites (N-methyl/N-ethyl adjacent to an activating group) is 1. The first-order valence-electron chi connectivity index (χ1n) is 11.0. The number of carbonyl (C=O) groups excluding carboxylic acids is 2. The Morgan fingerprint density at radius 1 is 1.15 bits per heavy atom. The number of hydrogen-bond acceptors (Lipinski definition) is 5. The summed E-state index contributed by atoms with van der Waals surface area (Å²) in [7, 11) is 1.55. The number of ether oxygens (including phenoxy) is 1. The molecule has 0 aliphatic carbocycles. The van der Waals surface area contributed by atoms with Crippen molar-refractivity contribution in [2.24, 2.45) is 0 Å². The molecule has 34 heavy (non-hydrogen) atoms. The second kappa shape index (κ2) is 12.0. The number of carbonyl (C=O) groups is 2. The van der Waals surface area contributed by atoms with Gasteiger partial charge in [0.1, 0.15) is 12.4 Å².